The second-order valence-corrected chi connectivity index (χ2v) is 6.87. The molecule has 0 saturated carbocycles. The molecule has 24 heavy (non-hydrogen) atoms. The first-order valence-corrected chi connectivity index (χ1v) is 8.46. The Morgan fingerprint density at radius 1 is 1.08 bits per heavy atom. The molecule has 2 aromatic rings. The molecule has 2 aromatic carbocycles. The van der Waals surface area contributed by atoms with Crippen molar-refractivity contribution in [2.45, 2.75) is 32.1 Å². The summed E-state index contributed by atoms with van der Waals surface area (Å²) < 4.78 is 5.04. The molecule has 0 aliphatic heterocycles. The van der Waals surface area contributed by atoms with Crippen LogP contribution in [0.15, 0.2) is 42.5 Å². The van der Waals surface area contributed by atoms with Gasteiger partial charge in [-0.15, -0.1) is 0 Å². The number of aryl methyl sites for hydroxylation is 2. The minimum atomic E-state index is -1.12. The number of rotatable bonds is 3. The summed E-state index contributed by atoms with van der Waals surface area (Å²) in [5.74, 6) is -0.533. The Morgan fingerprint density at radius 2 is 1.88 bits per heavy atom. The van der Waals surface area contributed by atoms with Gasteiger partial charge in [0, 0.05) is 5.56 Å². The Hall–Kier alpha value is -2.42. The first kappa shape index (κ1) is 15.1. The number of benzene rings is 2. The van der Waals surface area contributed by atoms with Crippen molar-refractivity contribution in [2.24, 2.45) is 5.41 Å². The van der Waals surface area contributed by atoms with E-state index in [-0.39, 0.29) is 5.78 Å². The molecule has 0 aromatic heterocycles. The number of esters is 1. The number of carbonyl (C=O) groups excluding carboxylic acids is 2. The molecule has 0 heterocycles. The summed E-state index contributed by atoms with van der Waals surface area (Å²) in [4.78, 5) is 25.7. The van der Waals surface area contributed by atoms with E-state index in [9.17, 15) is 9.59 Å². The Kier molecular flexibility index (Phi) is 3.52. The predicted molar refractivity (Wildman–Crippen MR) is 91.1 cm³/mol. The molecule has 0 radical (unpaired) electrons. The van der Waals surface area contributed by atoms with Crippen molar-refractivity contribution in [3.63, 3.8) is 0 Å². The standard InChI is InChI=1S/C21H20O3/c1-24-20(23)21(13-17-5-2-3-8-18(17)19(21)22)12-14-9-10-15-6-4-7-16(15)11-14/h2-3,5,8-11H,4,6-7,12-13H2,1H3/t21-/m1/s1. The van der Waals surface area contributed by atoms with E-state index >= 15 is 0 Å². The van der Waals surface area contributed by atoms with Gasteiger partial charge in [0.25, 0.3) is 0 Å². The largest absolute Gasteiger partial charge is 0.468 e. The maximum absolute atomic E-state index is 13.1. The molecule has 0 spiro atoms. The van der Waals surface area contributed by atoms with Gasteiger partial charge in [-0.25, -0.2) is 0 Å². The average molecular weight is 320 g/mol. The molecule has 0 bridgehead atoms. The van der Waals surface area contributed by atoms with Gasteiger partial charge < -0.3 is 4.74 Å². The fraction of sp³-hybridized carbons (Fsp3) is 0.333. The summed E-state index contributed by atoms with van der Waals surface area (Å²) in [6, 6.07) is 13.9. The number of hydrogen-bond acceptors (Lipinski definition) is 3. The maximum Gasteiger partial charge on any atom is 0.320 e. The maximum atomic E-state index is 13.1. The number of fused-ring (bicyclic) bond motifs is 2. The van der Waals surface area contributed by atoms with Crippen LogP contribution in [0, 0.1) is 5.41 Å². The first-order valence-electron chi connectivity index (χ1n) is 8.46. The van der Waals surface area contributed by atoms with E-state index in [0.29, 0.717) is 18.4 Å². The minimum Gasteiger partial charge on any atom is -0.468 e. The summed E-state index contributed by atoms with van der Waals surface area (Å²) in [6.07, 6.45) is 4.22. The third-order valence-electron chi connectivity index (χ3n) is 5.43. The molecular formula is C21H20O3. The van der Waals surface area contributed by atoms with Crippen LogP contribution in [0.25, 0.3) is 0 Å². The van der Waals surface area contributed by atoms with Gasteiger partial charge in [0.2, 0.25) is 0 Å². The number of ketones is 1. The van der Waals surface area contributed by atoms with E-state index in [4.69, 9.17) is 4.74 Å². The van der Waals surface area contributed by atoms with Crippen molar-refractivity contribution in [1.29, 1.82) is 0 Å². The van der Waals surface area contributed by atoms with Gasteiger partial charge in [0.1, 0.15) is 5.41 Å². The van der Waals surface area contributed by atoms with Crippen molar-refractivity contribution < 1.29 is 14.3 Å². The van der Waals surface area contributed by atoms with Gasteiger partial charge in [-0.1, -0.05) is 42.5 Å². The normalized spacial score (nSPS) is 21.5. The molecule has 4 rings (SSSR count). The lowest BCUT2D eigenvalue weighted by atomic mass is 9.77. The second-order valence-electron chi connectivity index (χ2n) is 6.87. The summed E-state index contributed by atoms with van der Waals surface area (Å²) in [6.45, 7) is 0. The van der Waals surface area contributed by atoms with Crippen molar-refractivity contribution >= 4 is 11.8 Å². The highest BCUT2D eigenvalue weighted by molar-refractivity contribution is 6.16. The third-order valence-corrected chi connectivity index (χ3v) is 5.43. The van der Waals surface area contributed by atoms with Gasteiger partial charge in [-0.05, 0) is 54.4 Å². The Morgan fingerprint density at radius 3 is 2.67 bits per heavy atom. The highest BCUT2D eigenvalue weighted by Crippen LogP contribution is 2.41. The molecule has 0 amide bonds. The molecule has 122 valence electrons. The van der Waals surface area contributed by atoms with Crippen molar-refractivity contribution in [3.8, 4) is 0 Å². The van der Waals surface area contributed by atoms with Crippen molar-refractivity contribution in [1.82, 2.24) is 0 Å². The molecule has 0 N–H and O–H groups in total. The summed E-state index contributed by atoms with van der Waals surface area (Å²) in [5.41, 5.74) is 4.27. The molecule has 0 fully saturated rings. The molecule has 3 nitrogen and oxygen atoms in total. The van der Waals surface area contributed by atoms with Gasteiger partial charge in [0.05, 0.1) is 7.11 Å². The fourth-order valence-electron chi connectivity index (χ4n) is 4.22. The quantitative estimate of drug-likeness (QED) is 0.644. The summed E-state index contributed by atoms with van der Waals surface area (Å²) >= 11 is 0. The van der Waals surface area contributed by atoms with Crippen LogP contribution >= 0.6 is 0 Å². The second kappa shape index (κ2) is 5.59. The van der Waals surface area contributed by atoms with E-state index in [1.807, 2.05) is 24.3 Å². The Bertz CT molecular complexity index is 837. The number of carbonyl (C=O) groups is 2. The average Bonchev–Trinajstić information content (AvgIpc) is 3.18. The van der Waals surface area contributed by atoms with E-state index in [0.717, 1.165) is 24.0 Å². The van der Waals surface area contributed by atoms with Crippen LogP contribution in [0.3, 0.4) is 0 Å². The zero-order chi connectivity index (χ0) is 16.7. The monoisotopic (exact) mass is 320 g/mol. The van der Waals surface area contributed by atoms with E-state index in [1.165, 1.54) is 24.7 Å². The molecule has 0 unspecified atom stereocenters. The summed E-state index contributed by atoms with van der Waals surface area (Å²) in [5, 5.41) is 0. The predicted octanol–water partition coefficient (Wildman–Crippen LogP) is 3.32. The Balaban J connectivity index is 1.74. The third kappa shape index (κ3) is 2.19. The number of hydrogen-bond donors (Lipinski definition) is 0. The zero-order valence-electron chi connectivity index (χ0n) is 13.8. The van der Waals surface area contributed by atoms with E-state index in [1.54, 1.807) is 0 Å². The molecule has 0 saturated heterocycles. The van der Waals surface area contributed by atoms with E-state index in [2.05, 4.69) is 18.2 Å². The summed E-state index contributed by atoms with van der Waals surface area (Å²) in [7, 11) is 1.36. The number of methoxy groups -OCH3 is 1. The van der Waals surface area contributed by atoms with Gasteiger partial charge >= 0.3 is 5.97 Å². The van der Waals surface area contributed by atoms with Crippen LogP contribution < -0.4 is 0 Å². The van der Waals surface area contributed by atoms with Gasteiger partial charge in [-0.2, -0.15) is 0 Å². The van der Waals surface area contributed by atoms with Crippen molar-refractivity contribution in [2.75, 3.05) is 7.11 Å². The molecule has 2 aliphatic rings. The SMILES string of the molecule is COC(=O)[C@]1(Cc2ccc3c(c2)CCC3)Cc2ccccc2C1=O. The topological polar surface area (TPSA) is 43.4 Å². The van der Waals surface area contributed by atoms with Crippen LogP contribution in [0.4, 0.5) is 0 Å². The molecule has 3 heteroatoms. The highest BCUT2D eigenvalue weighted by Gasteiger charge is 2.52. The molecule has 1 atom stereocenters. The van der Waals surface area contributed by atoms with E-state index < -0.39 is 11.4 Å². The number of ether oxygens (including phenoxy) is 1. The van der Waals surface area contributed by atoms with Crippen molar-refractivity contribution in [3.05, 3.63) is 70.3 Å². The zero-order valence-corrected chi connectivity index (χ0v) is 13.8. The van der Waals surface area contributed by atoms with Gasteiger partial charge in [0.15, 0.2) is 5.78 Å². The van der Waals surface area contributed by atoms with Crippen LogP contribution in [0.1, 0.15) is 39.0 Å². The lowest BCUT2D eigenvalue weighted by Gasteiger charge is -2.24. The Labute approximate surface area is 141 Å². The lowest BCUT2D eigenvalue weighted by Crippen LogP contribution is -2.40. The van der Waals surface area contributed by atoms with Crippen LogP contribution in [-0.4, -0.2) is 18.9 Å². The van der Waals surface area contributed by atoms with Crippen LogP contribution in [0.5, 0.6) is 0 Å². The minimum absolute atomic E-state index is 0.106. The highest BCUT2D eigenvalue weighted by atomic mass is 16.5. The van der Waals surface area contributed by atoms with Crippen LogP contribution in [0.2, 0.25) is 0 Å². The first-order chi connectivity index (χ1) is 11.6. The lowest BCUT2D eigenvalue weighted by molar-refractivity contribution is -0.149. The smallest absolute Gasteiger partial charge is 0.320 e. The molecular weight excluding hydrogens is 300 g/mol. The van der Waals surface area contributed by atoms with Gasteiger partial charge in [-0.3, -0.25) is 9.59 Å². The number of Topliss-reactive ketones (excluding diaryl/α,β-unsaturated/α-hetero) is 1. The van der Waals surface area contributed by atoms with Crippen LogP contribution in [-0.2, 0) is 35.2 Å². The molecule has 2 aliphatic carbocycles. The fourth-order valence-corrected chi connectivity index (χ4v) is 4.22.